The highest BCUT2D eigenvalue weighted by molar-refractivity contribution is 7.90. The average Bonchev–Trinajstić information content (AvgIpc) is 2.45. The van der Waals surface area contributed by atoms with Crippen LogP contribution in [0.3, 0.4) is 0 Å². The van der Waals surface area contributed by atoms with Crippen LogP contribution in [-0.2, 0) is 25.9 Å². The monoisotopic (exact) mass is 298 g/mol. The van der Waals surface area contributed by atoms with Gasteiger partial charge >= 0.3 is 0 Å². The van der Waals surface area contributed by atoms with E-state index in [1.165, 1.54) is 12.1 Å². The Morgan fingerprint density at radius 2 is 2.10 bits per heavy atom. The van der Waals surface area contributed by atoms with Crippen LogP contribution < -0.4 is 10.6 Å². The first kappa shape index (κ1) is 15.0. The highest BCUT2D eigenvalue weighted by atomic mass is 32.2. The quantitative estimate of drug-likeness (QED) is 0.797. The third kappa shape index (κ3) is 4.03. The summed E-state index contributed by atoms with van der Waals surface area (Å²) in [6, 6.07) is 6.46. The van der Waals surface area contributed by atoms with Gasteiger partial charge in [0.25, 0.3) is 5.91 Å². The van der Waals surface area contributed by atoms with Crippen molar-refractivity contribution in [3.63, 3.8) is 0 Å². The van der Waals surface area contributed by atoms with Crippen LogP contribution in [-0.4, -0.2) is 46.4 Å². The van der Waals surface area contributed by atoms with Crippen LogP contribution in [0, 0.1) is 0 Å². The van der Waals surface area contributed by atoms with Crippen LogP contribution in [0.1, 0.15) is 5.56 Å². The predicted molar refractivity (Wildman–Crippen MR) is 74.0 cm³/mol. The number of ether oxygens (including phenoxy) is 1. The van der Waals surface area contributed by atoms with Gasteiger partial charge in [-0.05, 0) is 17.7 Å². The van der Waals surface area contributed by atoms with E-state index in [0.29, 0.717) is 19.7 Å². The van der Waals surface area contributed by atoms with Gasteiger partial charge < -0.3 is 15.4 Å². The molecular formula is C13H18N2O4S. The average molecular weight is 298 g/mol. The van der Waals surface area contributed by atoms with Gasteiger partial charge in [-0.25, -0.2) is 8.42 Å². The number of amides is 1. The molecule has 20 heavy (non-hydrogen) atoms. The molecule has 1 saturated heterocycles. The molecule has 1 aromatic carbocycles. The normalized spacial score (nSPS) is 19.6. The Morgan fingerprint density at radius 3 is 2.65 bits per heavy atom. The van der Waals surface area contributed by atoms with E-state index in [-0.39, 0.29) is 10.8 Å². The molecule has 0 aromatic heterocycles. The summed E-state index contributed by atoms with van der Waals surface area (Å²) in [5.41, 5.74) is 0.842. The molecule has 0 bridgehead atoms. The van der Waals surface area contributed by atoms with Gasteiger partial charge in [0.1, 0.15) is 6.10 Å². The summed E-state index contributed by atoms with van der Waals surface area (Å²) in [6.45, 7) is 2.15. The summed E-state index contributed by atoms with van der Waals surface area (Å²) in [5, 5.41) is 5.86. The first-order valence-corrected chi connectivity index (χ1v) is 8.25. The molecule has 1 aromatic rings. The van der Waals surface area contributed by atoms with Gasteiger partial charge in [-0.3, -0.25) is 4.79 Å². The second-order valence-electron chi connectivity index (χ2n) is 4.70. The second-order valence-corrected chi connectivity index (χ2v) is 6.71. The Balaban J connectivity index is 1.89. The number of benzene rings is 1. The molecule has 0 radical (unpaired) electrons. The molecule has 1 atom stereocenters. The molecule has 1 amide bonds. The Morgan fingerprint density at radius 1 is 1.40 bits per heavy atom. The molecule has 1 unspecified atom stereocenters. The maximum absolute atomic E-state index is 11.8. The second kappa shape index (κ2) is 6.34. The zero-order chi connectivity index (χ0) is 14.6. The van der Waals surface area contributed by atoms with E-state index in [4.69, 9.17) is 4.74 Å². The van der Waals surface area contributed by atoms with Crippen LogP contribution in [0.2, 0.25) is 0 Å². The number of carbonyl (C=O) groups excluding carboxylic acids is 1. The molecule has 7 heteroatoms. The summed E-state index contributed by atoms with van der Waals surface area (Å²) in [4.78, 5) is 12.1. The molecule has 1 aliphatic rings. The van der Waals surface area contributed by atoms with Gasteiger partial charge in [0.2, 0.25) is 0 Å². The molecule has 2 rings (SSSR count). The van der Waals surface area contributed by atoms with Crippen LogP contribution in [0.25, 0.3) is 0 Å². The number of rotatable bonds is 4. The minimum absolute atomic E-state index is 0.163. The van der Waals surface area contributed by atoms with Crippen molar-refractivity contribution in [3.8, 4) is 0 Å². The van der Waals surface area contributed by atoms with Crippen molar-refractivity contribution in [2.45, 2.75) is 17.5 Å². The lowest BCUT2D eigenvalue weighted by Gasteiger charge is -2.22. The number of nitrogens with one attached hydrogen (secondary N) is 2. The smallest absolute Gasteiger partial charge is 0.250 e. The number of carbonyl (C=O) groups is 1. The van der Waals surface area contributed by atoms with Crippen LogP contribution >= 0.6 is 0 Å². The third-order valence-electron chi connectivity index (χ3n) is 3.04. The molecule has 1 fully saturated rings. The lowest BCUT2D eigenvalue weighted by atomic mass is 10.2. The maximum Gasteiger partial charge on any atom is 0.250 e. The molecule has 0 saturated carbocycles. The fraction of sp³-hybridized carbons (Fsp3) is 0.462. The molecule has 0 spiro atoms. The Bertz CT molecular complexity index is 563. The van der Waals surface area contributed by atoms with E-state index >= 15 is 0 Å². The topological polar surface area (TPSA) is 84.5 Å². The van der Waals surface area contributed by atoms with E-state index in [1.807, 2.05) is 0 Å². The third-order valence-corrected chi connectivity index (χ3v) is 4.17. The molecule has 0 aliphatic carbocycles. The Hall–Kier alpha value is -1.44. The zero-order valence-electron chi connectivity index (χ0n) is 11.3. The van der Waals surface area contributed by atoms with E-state index < -0.39 is 15.9 Å². The summed E-state index contributed by atoms with van der Waals surface area (Å²) >= 11 is 0. The van der Waals surface area contributed by atoms with Gasteiger partial charge in [-0.2, -0.15) is 0 Å². The minimum Gasteiger partial charge on any atom is -0.366 e. The lowest BCUT2D eigenvalue weighted by Crippen LogP contribution is -2.47. The van der Waals surface area contributed by atoms with Crippen molar-refractivity contribution in [2.24, 2.45) is 0 Å². The molecule has 110 valence electrons. The van der Waals surface area contributed by atoms with E-state index in [0.717, 1.165) is 18.4 Å². The number of morpholine rings is 1. The van der Waals surface area contributed by atoms with Crippen LogP contribution in [0.4, 0.5) is 0 Å². The largest absolute Gasteiger partial charge is 0.366 e. The van der Waals surface area contributed by atoms with Crippen molar-refractivity contribution >= 4 is 15.7 Å². The van der Waals surface area contributed by atoms with Gasteiger partial charge in [0.15, 0.2) is 9.84 Å². The summed E-state index contributed by atoms with van der Waals surface area (Å²) in [7, 11) is -3.18. The lowest BCUT2D eigenvalue weighted by molar-refractivity contribution is -0.134. The number of hydrogen-bond acceptors (Lipinski definition) is 5. The van der Waals surface area contributed by atoms with Gasteiger partial charge in [0.05, 0.1) is 11.5 Å². The van der Waals surface area contributed by atoms with Crippen LogP contribution in [0.5, 0.6) is 0 Å². The first-order chi connectivity index (χ1) is 9.47. The molecular weight excluding hydrogens is 280 g/mol. The SMILES string of the molecule is CS(=O)(=O)c1ccc(CNC(=O)C2CNCCO2)cc1. The molecule has 1 aliphatic heterocycles. The highest BCUT2D eigenvalue weighted by Crippen LogP contribution is 2.10. The maximum atomic E-state index is 11.8. The summed E-state index contributed by atoms with van der Waals surface area (Å²) in [5.74, 6) is -0.163. The van der Waals surface area contributed by atoms with Crippen molar-refractivity contribution in [1.82, 2.24) is 10.6 Å². The van der Waals surface area contributed by atoms with E-state index in [2.05, 4.69) is 10.6 Å². The zero-order valence-corrected chi connectivity index (χ0v) is 12.1. The highest BCUT2D eigenvalue weighted by Gasteiger charge is 2.21. The van der Waals surface area contributed by atoms with Crippen LogP contribution in [0.15, 0.2) is 29.2 Å². The van der Waals surface area contributed by atoms with Gasteiger partial charge in [-0.15, -0.1) is 0 Å². The molecule has 6 nitrogen and oxygen atoms in total. The number of sulfone groups is 1. The molecule has 2 N–H and O–H groups in total. The number of hydrogen-bond donors (Lipinski definition) is 2. The fourth-order valence-corrected chi connectivity index (χ4v) is 2.52. The minimum atomic E-state index is -3.18. The summed E-state index contributed by atoms with van der Waals surface area (Å²) < 4.78 is 28.0. The van der Waals surface area contributed by atoms with Gasteiger partial charge in [0, 0.05) is 25.9 Å². The Kier molecular flexibility index (Phi) is 4.74. The van der Waals surface area contributed by atoms with Crippen molar-refractivity contribution < 1.29 is 17.9 Å². The molecule has 1 heterocycles. The fourth-order valence-electron chi connectivity index (χ4n) is 1.89. The first-order valence-electron chi connectivity index (χ1n) is 6.36. The summed E-state index contributed by atoms with van der Waals surface area (Å²) in [6.07, 6.45) is 0.705. The van der Waals surface area contributed by atoms with Crippen molar-refractivity contribution in [3.05, 3.63) is 29.8 Å². The van der Waals surface area contributed by atoms with Crippen molar-refractivity contribution in [2.75, 3.05) is 26.0 Å². The Labute approximate surface area is 118 Å². The standard InChI is InChI=1S/C13H18N2O4S/c1-20(17,18)11-4-2-10(3-5-11)8-15-13(16)12-9-14-6-7-19-12/h2-5,12,14H,6-9H2,1H3,(H,15,16). The van der Waals surface area contributed by atoms with Crippen molar-refractivity contribution in [1.29, 1.82) is 0 Å². The predicted octanol–water partition coefficient (Wildman–Crippen LogP) is -0.305. The van der Waals surface area contributed by atoms with E-state index in [1.54, 1.807) is 12.1 Å². The van der Waals surface area contributed by atoms with E-state index in [9.17, 15) is 13.2 Å². The van der Waals surface area contributed by atoms with Gasteiger partial charge in [-0.1, -0.05) is 12.1 Å².